The van der Waals surface area contributed by atoms with E-state index >= 15 is 0 Å². The van der Waals surface area contributed by atoms with Crippen molar-refractivity contribution in [3.8, 4) is 11.5 Å². The van der Waals surface area contributed by atoms with E-state index in [4.69, 9.17) is 4.42 Å². The van der Waals surface area contributed by atoms with Crippen molar-refractivity contribution in [3.05, 3.63) is 78.2 Å². The third kappa shape index (κ3) is 4.14. The first kappa shape index (κ1) is 17.2. The zero-order chi connectivity index (χ0) is 18.5. The zero-order valence-electron chi connectivity index (χ0n) is 15.0. The molecule has 0 saturated carbocycles. The SMILES string of the molecule is O=C(/C=C/c1ccccc1)N1CCCC(c2nnc(-c3ccccc3)o2)C1. The maximum atomic E-state index is 12.5. The van der Waals surface area contributed by atoms with Gasteiger partial charge >= 0.3 is 0 Å². The van der Waals surface area contributed by atoms with Crippen LogP contribution >= 0.6 is 0 Å². The summed E-state index contributed by atoms with van der Waals surface area (Å²) in [6, 6.07) is 19.6. The Hall–Kier alpha value is -3.21. The fraction of sp³-hybridized carbons (Fsp3) is 0.227. The van der Waals surface area contributed by atoms with Crippen LogP contribution in [0.1, 0.15) is 30.2 Å². The third-order valence-corrected chi connectivity index (χ3v) is 4.76. The average molecular weight is 359 g/mol. The van der Waals surface area contributed by atoms with Crippen molar-refractivity contribution in [1.29, 1.82) is 0 Å². The number of piperidine rings is 1. The van der Waals surface area contributed by atoms with Gasteiger partial charge in [-0.2, -0.15) is 0 Å². The summed E-state index contributed by atoms with van der Waals surface area (Å²) in [6.07, 6.45) is 5.37. The van der Waals surface area contributed by atoms with Gasteiger partial charge in [0.1, 0.15) is 0 Å². The number of nitrogens with zero attached hydrogens (tertiary/aromatic N) is 3. The summed E-state index contributed by atoms with van der Waals surface area (Å²) in [5.41, 5.74) is 1.93. The molecule has 1 aliphatic heterocycles. The van der Waals surface area contributed by atoms with Crippen LogP contribution in [-0.2, 0) is 4.79 Å². The van der Waals surface area contributed by atoms with E-state index in [0.717, 1.165) is 30.5 Å². The van der Waals surface area contributed by atoms with E-state index in [1.165, 1.54) is 0 Å². The number of likely N-dealkylation sites (tertiary alicyclic amines) is 1. The minimum absolute atomic E-state index is 0.0198. The fourth-order valence-electron chi connectivity index (χ4n) is 3.31. The lowest BCUT2D eigenvalue weighted by Crippen LogP contribution is -2.38. The maximum absolute atomic E-state index is 12.5. The molecule has 1 atom stereocenters. The van der Waals surface area contributed by atoms with Gasteiger partial charge in [0.05, 0.1) is 5.92 Å². The summed E-state index contributed by atoms with van der Waals surface area (Å²) in [4.78, 5) is 14.4. The molecule has 5 heteroatoms. The van der Waals surface area contributed by atoms with Crippen LogP contribution in [0.2, 0.25) is 0 Å². The molecule has 1 fully saturated rings. The van der Waals surface area contributed by atoms with Crippen LogP contribution in [-0.4, -0.2) is 34.1 Å². The highest BCUT2D eigenvalue weighted by atomic mass is 16.4. The normalized spacial score (nSPS) is 17.3. The lowest BCUT2D eigenvalue weighted by Gasteiger charge is -2.30. The monoisotopic (exact) mass is 359 g/mol. The molecule has 2 aromatic carbocycles. The van der Waals surface area contributed by atoms with Gasteiger partial charge in [0, 0.05) is 24.7 Å². The van der Waals surface area contributed by atoms with Crippen molar-refractivity contribution in [1.82, 2.24) is 15.1 Å². The molecule has 1 aliphatic rings. The smallest absolute Gasteiger partial charge is 0.247 e. The first-order valence-electron chi connectivity index (χ1n) is 9.20. The summed E-state index contributed by atoms with van der Waals surface area (Å²) in [5, 5.41) is 8.40. The fourth-order valence-corrected chi connectivity index (χ4v) is 3.31. The zero-order valence-corrected chi connectivity index (χ0v) is 15.0. The Balaban J connectivity index is 1.43. The van der Waals surface area contributed by atoms with Crippen molar-refractivity contribution in [2.75, 3.05) is 13.1 Å². The van der Waals surface area contributed by atoms with Crippen LogP contribution in [0, 0.1) is 0 Å². The Bertz CT molecular complexity index is 919. The Morgan fingerprint density at radius 3 is 2.56 bits per heavy atom. The van der Waals surface area contributed by atoms with Crippen molar-refractivity contribution < 1.29 is 9.21 Å². The molecule has 0 N–H and O–H groups in total. The lowest BCUT2D eigenvalue weighted by atomic mass is 9.98. The summed E-state index contributed by atoms with van der Waals surface area (Å²) in [5.74, 6) is 1.24. The van der Waals surface area contributed by atoms with Crippen molar-refractivity contribution >= 4 is 12.0 Å². The molecule has 1 amide bonds. The van der Waals surface area contributed by atoms with E-state index < -0.39 is 0 Å². The summed E-state index contributed by atoms with van der Waals surface area (Å²) >= 11 is 0. The highest BCUT2D eigenvalue weighted by molar-refractivity contribution is 5.91. The van der Waals surface area contributed by atoms with E-state index in [9.17, 15) is 4.79 Å². The quantitative estimate of drug-likeness (QED) is 0.657. The van der Waals surface area contributed by atoms with Gasteiger partial charge in [0.2, 0.25) is 17.7 Å². The molecule has 4 rings (SSSR count). The van der Waals surface area contributed by atoms with Crippen molar-refractivity contribution in [2.45, 2.75) is 18.8 Å². The molecule has 27 heavy (non-hydrogen) atoms. The van der Waals surface area contributed by atoms with Gasteiger partial charge in [-0.3, -0.25) is 4.79 Å². The van der Waals surface area contributed by atoms with Gasteiger partial charge < -0.3 is 9.32 Å². The molecule has 1 unspecified atom stereocenters. The van der Waals surface area contributed by atoms with Gasteiger partial charge in [-0.1, -0.05) is 48.5 Å². The van der Waals surface area contributed by atoms with Crippen molar-refractivity contribution in [2.24, 2.45) is 0 Å². The van der Waals surface area contributed by atoms with Gasteiger partial charge in [0.15, 0.2) is 0 Å². The van der Waals surface area contributed by atoms with Crippen LogP contribution in [0.4, 0.5) is 0 Å². The van der Waals surface area contributed by atoms with Gasteiger partial charge in [-0.15, -0.1) is 10.2 Å². The highest BCUT2D eigenvalue weighted by Gasteiger charge is 2.27. The molecule has 1 aromatic heterocycles. The van der Waals surface area contributed by atoms with Crippen LogP contribution in [0.15, 0.2) is 71.2 Å². The molecule has 1 saturated heterocycles. The molecule has 136 valence electrons. The summed E-state index contributed by atoms with van der Waals surface area (Å²) < 4.78 is 5.89. The molecule has 0 radical (unpaired) electrons. The van der Waals surface area contributed by atoms with Gasteiger partial charge in [0.25, 0.3) is 0 Å². The Labute approximate surface area is 158 Å². The molecule has 0 aliphatic carbocycles. The number of carbonyl (C=O) groups is 1. The van der Waals surface area contributed by atoms with E-state index in [1.807, 2.05) is 71.6 Å². The highest BCUT2D eigenvalue weighted by Crippen LogP contribution is 2.28. The second-order valence-corrected chi connectivity index (χ2v) is 6.68. The number of amides is 1. The van der Waals surface area contributed by atoms with Crippen LogP contribution in [0.5, 0.6) is 0 Å². The van der Waals surface area contributed by atoms with Gasteiger partial charge in [-0.25, -0.2) is 0 Å². The summed E-state index contributed by atoms with van der Waals surface area (Å²) in [7, 11) is 0. The number of hydrogen-bond acceptors (Lipinski definition) is 4. The van der Waals surface area contributed by atoms with E-state index in [-0.39, 0.29) is 11.8 Å². The second kappa shape index (κ2) is 7.99. The third-order valence-electron chi connectivity index (χ3n) is 4.76. The Morgan fingerprint density at radius 2 is 1.78 bits per heavy atom. The molecule has 5 nitrogen and oxygen atoms in total. The maximum Gasteiger partial charge on any atom is 0.247 e. The molecular weight excluding hydrogens is 338 g/mol. The molecular formula is C22H21N3O2. The first-order chi connectivity index (χ1) is 13.3. The molecule has 0 bridgehead atoms. The molecule has 3 aromatic rings. The number of carbonyl (C=O) groups excluding carboxylic acids is 1. The second-order valence-electron chi connectivity index (χ2n) is 6.68. The topological polar surface area (TPSA) is 59.2 Å². The van der Waals surface area contributed by atoms with Crippen LogP contribution in [0.3, 0.4) is 0 Å². The number of rotatable bonds is 4. The first-order valence-corrected chi connectivity index (χ1v) is 9.20. The van der Waals surface area contributed by atoms with Gasteiger partial charge in [-0.05, 0) is 36.6 Å². The standard InChI is InChI=1S/C22H21N3O2/c26-20(14-13-17-8-3-1-4-9-17)25-15-7-12-19(16-25)22-24-23-21(27-22)18-10-5-2-6-11-18/h1-6,8-11,13-14,19H,7,12,15-16H2/b14-13+. The number of hydrogen-bond donors (Lipinski definition) is 0. The van der Waals surface area contributed by atoms with Crippen LogP contribution in [0.25, 0.3) is 17.5 Å². The minimum Gasteiger partial charge on any atom is -0.420 e. The van der Waals surface area contributed by atoms with E-state index in [1.54, 1.807) is 6.08 Å². The molecule has 2 heterocycles. The largest absolute Gasteiger partial charge is 0.420 e. The van der Waals surface area contributed by atoms with Crippen molar-refractivity contribution in [3.63, 3.8) is 0 Å². The molecule has 0 spiro atoms. The number of benzene rings is 2. The minimum atomic E-state index is 0.0198. The lowest BCUT2D eigenvalue weighted by molar-refractivity contribution is -0.127. The van der Waals surface area contributed by atoms with E-state index in [0.29, 0.717) is 18.3 Å². The van der Waals surface area contributed by atoms with Crippen LogP contribution < -0.4 is 0 Å². The predicted octanol–water partition coefficient (Wildman–Crippen LogP) is 4.16. The summed E-state index contributed by atoms with van der Waals surface area (Å²) in [6.45, 7) is 1.36. The van der Waals surface area contributed by atoms with E-state index in [2.05, 4.69) is 10.2 Å². The Morgan fingerprint density at radius 1 is 1.04 bits per heavy atom. The Kier molecular flexibility index (Phi) is 5.10. The predicted molar refractivity (Wildman–Crippen MR) is 104 cm³/mol. The number of aromatic nitrogens is 2. The average Bonchev–Trinajstić information content (AvgIpc) is 3.24.